The summed E-state index contributed by atoms with van der Waals surface area (Å²) in [5.41, 5.74) is 1.30. The van der Waals surface area contributed by atoms with E-state index in [2.05, 4.69) is 20.5 Å². The lowest BCUT2D eigenvalue weighted by Gasteiger charge is -2.16. The summed E-state index contributed by atoms with van der Waals surface area (Å²) >= 11 is 1.47. The summed E-state index contributed by atoms with van der Waals surface area (Å²) in [6.45, 7) is 2.39. The molecule has 126 valence electrons. The van der Waals surface area contributed by atoms with Gasteiger partial charge in [-0.25, -0.2) is 4.98 Å². The highest BCUT2D eigenvalue weighted by Gasteiger charge is 2.13. The molecule has 1 fully saturated rings. The summed E-state index contributed by atoms with van der Waals surface area (Å²) in [6, 6.07) is 5.55. The number of nitrogens with one attached hydrogen (secondary N) is 2. The first kappa shape index (κ1) is 16.4. The third kappa shape index (κ3) is 4.32. The lowest BCUT2D eigenvalue weighted by atomic mass is 10.3. The van der Waals surface area contributed by atoms with Gasteiger partial charge in [0, 0.05) is 37.0 Å². The molecule has 0 saturated carbocycles. The fourth-order valence-electron chi connectivity index (χ4n) is 2.60. The number of amides is 2. The molecule has 2 N–H and O–H groups in total. The number of hydrogen-bond acceptors (Lipinski definition) is 5. The van der Waals surface area contributed by atoms with E-state index in [4.69, 9.17) is 0 Å². The van der Waals surface area contributed by atoms with Crippen LogP contribution in [0, 0.1) is 0 Å². The van der Waals surface area contributed by atoms with Crippen molar-refractivity contribution in [2.75, 3.05) is 29.9 Å². The van der Waals surface area contributed by atoms with Crippen molar-refractivity contribution >= 4 is 34.7 Å². The molecule has 0 aliphatic carbocycles. The van der Waals surface area contributed by atoms with Crippen LogP contribution in [0.1, 0.15) is 29.6 Å². The Morgan fingerprint density at radius 1 is 1.21 bits per heavy atom. The minimum Gasteiger partial charge on any atom is -0.357 e. The first-order valence-corrected chi connectivity index (χ1v) is 8.98. The number of thiophene rings is 1. The van der Waals surface area contributed by atoms with E-state index in [1.54, 1.807) is 17.6 Å². The summed E-state index contributed by atoms with van der Waals surface area (Å²) in [4.78, 5) is 30.3. The van der Waals surface area contributed by atoms with Gasteiger partial charge < -0.3 is 15.5 Å². The predicted molar refractivity (Wildman–Crippen MR) is 95.6 cm³/mol. The molecule has 2 amide bonds. The highest BCUT2D eigenvalue weighted by Crippen LogP contribution is 2.19. The maximum absolute atomic E-state index is 11.9. The molecule has 2 aromatic heterocycles. The molecule has 0 radical (unpaired) electrons. The molecule has 2 aromatic rings. The predicted octanol–water partition coefficient (Wildman–Crippen LogP) is 2.50. The van der Waals surface area contributed by atoms with E-state index in [-0.39, 0.29) is 18.2 Å². The summed E-state index contributed by atoms with van der Waals surface area (Å²) in [5, 5.41) is 9.16. The number of nitrogens with zero attached hydrogens (tertiary/aromatic N) is 2. The van der Waals surface area contributed by atoms with Crippen molar-refractivity contribution in [2.24, 2.45) is 0 Å². The van der Waals surface area contributed by atoms with Crippen LogP contribution in [0.4, 0.5) is 11.5 Å². The average Bonchev–Trinajstić information content (AvgIpc) is 3.29. The van der Waals surface area contributed by atoms with E-state index in [1.807, 2.05) is 17.5 Å². The zero-order valence-electron chi connectivity index (χ0n) is 13.3. The Bertz CT molecular complexity index is 679. The fraction of sp³-hybridized carbons (Fsp3) is 0.353. The molecule has 3 heterocycles. The Morgan fingerprint density at radius 3 is 2.71 bits per heavy atom. The van der Waals surface area contributed by atoms with Crippen molar-refractivity contribution < 1.29 is 9.59 Å². The lowest BCUT2D eigenvalue weighted by Crippen LogP contribution is -2.27. The first-order chi connectivity index (χ1) is 11.7. The molecule has 7 heteroatoms. The number of carbonyl (C=O) groups excluding carboxylic acids is 2. The topological polar surface area (TPSA) is 74.3 Å². The minimum absolute atomic E-state index is 0.142. The monoisotopic (exact) mass is 344 g/mol. The van der Waals surface area contributed by atoms with Gasteiger partial charge in [-0.05, 0) is 36.4 Å². The fourth-order valence-corrected chi connectivity index (χ4v) is 3.24. The zero-order valence-corrected chi connectivity index (χ0v) is 14.1. The molecular weight excluding hydrogens is 324 g/mol. The highest BCUT2D eigenvalue weighted by atomic mass is 32.1. The van der Waals surface area contributed by atoms with Crippen LogP contribution in [0.25, 0.3) is 0 Å². The van der Waals surface area contributed by atoms with Gasteiger partial charge in [0.2, 0.25) is 5.91 Å². The summed E-state index contributed by atoms with van der Waals surface area (Å²) in [7, 11) is 0. The number of aromatic nitrogens is 1. The van der Waals surface area contributed by atoms with Crippen molar-refractivity contribution in [1.82, 2.24) is 10.3 Å². The Hall–Kier alpha value is -2.41. The third-order valence-corrected chi connectivity index (χ3v) is 4.57. The van der Waals surface area contributed by atoms with Gasteiger partial charge in [-0.2, -0.15) is 11.3 Å². The minimum atomic E-state index is -0.152. The molecule has 6 nitrogen and oxygen atoms in total. The van der Waals surface area contributed by atoms with E-state index < -0.39 is 0 Å². The molecule has 0 aromatic carbocycles. The van der Waals surface area contributed by atoms with Gasteiger partial charge >= 0.3 is 0 Å². The molecule has 0 bridgehead atoms. The van der Waals surface area contributed by atoms with Crippen LogP contribution in [-0.4, -0.2) is 36.4 Å². The molecule has 1 saturated heterocycles. The molecule has 3 rings (SSSR count). The number of rotatable bonds is 6. The van der Waals surface area contributed by atoms with Crippen LogP contribution in [0.5, 0.6) is 0 Å². The van der Waals surface area contributed by atoms with Crippen LogP contribution in [0.3, 0.4) is 0 Å². The molecule has 1 aliphatic heterocycles. The van der Waals surface area contributed by atoms with Crippen molar-refractivity contribution in [3.05, 3.63) is 40.7 Å². The molecule has 1 aliphatic rings. The second kappa shape index (κ2) is 7.92. The third-order valence-electron chi connectivity index (χ3n) is 3.88. The van der Waals surface area contributed by atoms with Crippen molar-refractivity contribution in [3.8, 4) is 0 Å². The maximum atomic E-state index is 11.9. The van der Waals surface area contributed by atoms with Crippen molar-refractivity contribution in [1.29, 1.82) is 0 Å². The van der Waals surface area contributed by atoms with E-state index in [0.717, 1.165) is 18.9 Å². The molecule has 24 heavy (non-hydrogen) atoms. The summed E-state index contributed by atoms with van der Waals surface area (Å²) in [5.74, 6) is 0.658. The van der Waals surface area contributed by atoms with Crippen LogP contribution in [0.2, 0.25) is 0 Å². The normalized spacial score (nSPS) is 13.8. The number of pyridine rings is 1. The van der Waals surface area contributed by atoms with Crippen LogP contribution < -0.4 is 15.5 Å². The van der Waals surface area contributed by atoms with Gasteiger partial charge in [-0.15, -0.1) is 0 Å². The van der Waals surface area contributed by atoms with Crippen molar-refractivity contribution in [2.45, 2.75) is 19.3 Å². The zero-order chi connectivity index (χ0) is 16.8. The number of hydrogen-bond donors (Lipinski definition) is 2. The molecule has 0 spiro atoms. The average molecular weight is 344 g/mol. The molecular formula is C17H20N4O2S. The number of anilines is 2. The Balaban J connectivity index is 1.42. The smallest absolute Gasteiger partial charge is 0.252 e. The van der Waals surface area contributed by atoms with Crippen LogP contribution in [0.15, 0.2) is 35.2 Å². The van der Waals surface area contributed by atoms with E-state index in [9.17, 15) is 9.59 Å². The summed E-state index contributed by atoms with van der Waals surface area (Å²) in [6.07, 6.45) is 4.31. The van der Waals surface area contributed by atoms with Gasteiger partial charge in [0.15, 0.2) is 0 Å². The Kier molecular flexibility index (Phi) is 5.43. The van der Waals surface area contributed by atoms with Gasteiger partial charge in [0.1, 0.15) is 5.82 Å². The maximum Gasteiger partial charge on any atom is 0.252 e. The molecule has 0 unspecified atom stereocenters. The quantitative estimate of drug-likeness (QED) is 0.844. The van der Waals surface area contributed by atoms with Crippen LogP contribution >= 0.6 is 11.3 Å². The highest BCUT2D eigenvalue weighted by molar-refractivity contribution is 7.08. The first-order valence-electron chi connectivity index (χ1n) is 8.03. The lowest BCUT2D eigenvalue weighted by molar-refractivity contribution is -0.116. The van der Waals surface area contributed by atoms with Crippen LogP contribution in [-0.2, 0) is 4.79 Å². The second-order valence-electron chi connectivity index (χ2n) is 5.67. The Labute approximate surface area is 144 Å². The standard InChI is InChI=1S/C17H20N4O2S/c22-16(5-7-18-17(23)13-6-10-24-12-13)20-14-3-4-15(19-11-14)21-8-1-2-9-21/h3-4,6,10-12H,1-2,5,7-9H2,(H,18,23)(H,20,22). The van der Waals surface area contributed by atoms with Crippen molar-refractivity contribution in [3.63, 3.8) is 0 Å². The molecule has 0 atom stereocenters. The van der Waals surface area contributed by atoms with Gasteiger partial charge in [-0.1, -0.05) is 0 Å². The number of carbonyl (C=O) groups is 2. The van der Waals surface area contributed by atoms with Gasteiger partial charge in [-0.3, -0.25) is 9.59 Å². The second-order valence-corrected chi connectivity index (χ2v) is 6.45. The Morgan fingerprint density at radius 2 is 2.04 bits per heavy atom. The van der Waals surface area contributed by atoms with Gasteiger partial charge in [0.05, 0.1) is 11.9 Å². The SMILES string of the molecule is O=C(CCNC(=O)c1ccsc1)Nc1ccc(N2CCCC2)nc1. The van der Waals surface area contributed by atoms with E-state index in [1.165, 1.54) is 24.2 Å². The van der Waals surface area contributed by atoms with E-state index in [0.29, 0.717) is 17.8 Å². The van der Waals surface area contributed by atoms with Gasteiger partial charge in [0.25, 0.3) is 5.91 Å². The summed E-state index contributed by atoms with van der Waals surface area (Å²) < 4.78 is 0. The van der Waals surface area contributed by atoms with E-state index >= 15 is 0 Å². The largest absolute Gasteiger partial charge is 0.357 e.